The van der Waals surface area contributed by atoms with Gasteiger partial charge in [0.05, 0.1) is 0 Å². The van der Waals surface area contributed by atoms with Crippen LogP contribution >= 0.6 is 0 Å². The summed E-state index contributed by atoms with van der Waals surface area (Å²) < 4.78 is 6.59. The van der Waals surface area contributed by atoms with E-state index in [4.69, 9.17) is 4.42 Å². The van der Waals surface area contributed by atoms with Crippen LogP contribution in [0.1, 0.15) is 0 Å². The summed E-state index contributed by atoms with van der Waals surface area (Å²) in [6.07, 6.45) is 0. The highest BCUT2D eigenvalue weighted by atomic mass is 16.3. The molecule has 11 aromatic rings. The van der Waals surface area contributed by atoms with E-state index in [1.54, 1.807) is 0 Å². The third-order valence-corrected chi connectivity index (χ3v) is 11.0. The lowest BCUT2D eigenvalue weighted by Gasteiger charge is -2.21. The predicted octanol–water partition coefficient (Wildman–Crippen LogP) is 14.9. The van der Waals surface area contributed by atoms with E-state index in [0.717, 1.165) is 33.1 Å². The van der Waals surface area contributed by atoms with Gasteiger partial charge in [-0.3, -0.25) is 0 Å². The van der Waals surface area contributed by atoms with Crippen LogP contribution in [0.2, 0.25) is 0 Å². The van der Waals surface area contributed by atoms with Gasteiger partial charge in [0.25, 0.3) is 0 Å². The van der Waals surface area contributed by atoms with Gasteiger partial charge in [0, 0.05) is 16.3 Å². The maximum Gasteiger partial charge on any atom is 0.143 e. The molecule has 1 nitrogen and oxygen atoms in total. The molecule has 0 amide bonds. The van der Waals surface area contributed by atoms with E-state index in [1.165, 1.54) is 76.5 Å². The topological polar surface area (TPSA) is 13.1 Å². The smallest absolute Gasteiger partial charge is 0.143 e. The fraction of sp³-hybridized carbons (Fsp3) is 0. The first kappa shape index (κ1) is 29.7. The van der Waals surface area contributed by atoms with Gasteiger partial charge in [0.15, 0.2) is 0 Å². The summed E-state index contributed by atoms with van der Waals surface area (Å²) in [5.41, 5.74) is 11.4. The van der Waals surface area contributed by atoms with Crippen LogP contribution in [0.15, 0.2) is 199 Å². The van der Waals surface area contributed by atoms with Crippen molar-refractivity contribution in [2.75, 3.05) is 0 Å². The Hall–Kier alpha value is -6.96. The van der Waals surface area contributed by atoms with Crippen LogP contribution in [0.5, 0.6) is 0 Å². The molecule has 0 unspecified atom stereocenters. The summed E-state index contributed by atoms with van der Waals surface area (Å²) in [4.78, 5) is 0. The molecular formula is C52H32O. The Balaban J connectivity index is 1.24. The van der Waals surface area contributed by atoms with Crippen molar-refractivity contribution in [2.24, 2.45) is 0 Å². The van der Waals surface area contributed by atoms with Crippen LogP contribution in [0.25, 0.3) is 110 Å². The van der Waals surface area contributed by atoms with Gasteiger partial charge in [0.1, 0.15) is 11.2 Å². The molecule has 0 saturated heterocycles. The minimum absolute atomic E-state index is 0.903. The van der Waals surface area contributed by atoms with Crippen LogP contribution < -0.4 is 0 Å². The highest BCUT2D eigenvalue weighted by Gasteiger charge is 2.22. The second kappa shape index (κ2) is 11.8. The number of fused-ring (bicyclic) bond motifs is 8. The van der Waals surface area contributed by atoms with Gasteiger partial charge >= 0.3 is 0 Å². The third-order valence-electron chi connectivity index (χ3n) is 11.0. The molecule has 11 rings (SSSR count). The van der Waals surface area contributed by atoms with Crippen LogP contribution in [-0.2, 0) is 0 Å². The molecule has 1 heteroatoms. The van der Waals surface area contributed by atoms with Crippen molar-refractivity contribution < 1.29 is 4.42 Å². The lowest BCUT2D eigenvalue weighted by molar-refractivity contribution is 0.670. The maximum atomic E-state index is 6.59. The number of hydrogen-bond acceptors (Lipinski definition) is 1. The zero-order chi connectivity index (χ0) is 34.9. The minimum Gasteiger partial charge on any atom is -0.455 e. The molecule has 53 heavy (non-hydrogen) atoms. The molecule has 0 saturated carbocycles. The van der Waals surface area contributed by atoms with E-state index in [2.05, 4.69) is 188 Å². The quantitative estimate of drug-likeness (QED) is 0.134. The van der Waals surface area contributed by atoms with Crippen molar-refractivity contribution in [1.29, 1.82) is 0 Å². The summed E-state index contributed by atoms with van der Waals surface area (Å²) in [6, 6.07) is 70.6. The monoisotopic (exact) mass is 672 g/mol. The van der Waals surface area contributed by atoms with Gasteiger partial charge < -0.3 is 4.42 Å². The highest BCUT2D eigenvalue weighted by Crippen LogP contribution is 2.49. The summed E-state index contributed by atoms with van der Waals surface area (Å²) in [5, 5.41) is 12.2. The molecular weight excluding hydrogens is 641 g/mol. The van der Waals surface area contributed by atoms with Gasteiger partial charge in [-0.15, -0.1) is 0 Å². The predicted molar refractivity (Wildman–Crippen MR) is 225 cm³/mol. The van der Waals surface area contributed by atoms with Crippen molar-refractivity contribution >= 4 is 65.0 Å². The van der Waals surface area contributed by atoms with Gasteiger partial charge in [-0.05, 0) is 106 Å². The zero-order valence-electron chi connectivity index (χ0n) is 28.9. The van der Waals surface area contributed by atoms with Crippen LogP contribution in [0, 0.1) is 0 Å². The molecule has 0 N–H and O–H groups in total. The molecule has 0 aliphatic carbocycles. The first-order valence-corrected chi connectivity index (χ1v) is 18.3. The molecule has 246 valence electrons. The Morgan fingerprint density at radius 3 is 1.51 bits per heavy atom. The van der Waals surface area contributed by atoms with Crippen molar-refractivity contribution in [2.45, 2.75) is 0 Å². The lowest BCUT2D eigenvalue weighted by atomic mass is 9.82. The Bertz CT molecular complexity index is 3160. The summed E-state index contributed by atoms with van der Waals surface area (Å²) in [7, 11) is 0. The third kappa shape index (κ3) is 4.58. The van der Waals surface area contributed by atoms with E-state index in [1.807, 2.05) is 6.07 Å². The van der Waals surface area contributed by atoms with E-state index < -0.39 is 0 Å². The molecule has 0 aliphatic rings. The molecule has 0 radical (unpaired) electrons. The van der Waals surface area contributed by atoms with E-state index in [0.29, 0.717) is 0 Å². The number of hydrogen-bond donors (Lipinski definition) is 0. The number of furan rings is 1. The van der Waals surface area contributed by atoms with Gasteiger partial charge in [-0.25, -0.2) is 0 Å². The fourth-order valence-corrected chi connectivity index (χ4v) is 8.75. The van der Waals surface area contributed by atoms with Crippen LogP contribution in [-0.4, -0.2) is 0 Å². The molecule has 1 aromatic heterocycles. The number of para-hydroxylation sites is 1. The Labute approximate surface area is 307 Å². The highest BCUT2D eigenvalue weighted by molar-refractivity contribution is 6.24. The van der Waals surface area contributed by atoms with Crippen LogP contribution in [0.4, 0.5) is 0 Å². The van der Waals surface area contributed by atoms with Gasteiger partial charge in [-0.1, -0.05) is 170 Å². The second-order valence-corrected chi connectivity index (χ2v) is 13.9. The first-order valence-electron chi connectivity index (χ1n) is 18.3. The summed E-state index contributed by atoms with van der Waals surface area (Å²) in [5.74, 6) is 0. The number of rotatable bonds is 4. The van der Waals surface area contributed by atoms with Gasteiger partial charge in [0.2, 0.25) is 0 Å². The average Bonchev–Trinajstić information content (AvgIpc) is 3.61. The number of benzene rings is 10. The first-order chi connectivity index (χ1) is 26.3. The molecule has 1 heterocycles. The Morgan fingerprint density at radius 1 is 0.264 bits per heavy atom. The van der Waals surface area contributed by atoms with Gasteiger partial charge in [-0.2, -0.15) is 0 Å². The van der Waals surface area contributed by atoms with E-state index in [9.17, 15) is 0 Å². The SMILES string of the molecule is c1ccc(-c2cc(-c3c4ccccc4c(-c4ccccc4-c4cc5ccccc5c5ccccc45)c4ccccc34)cc3c2oc2ccccc23)cc1. The van der Waals surface area contributed by atoms with Crippen molar-refractivity contribution in [3.63, 3.8) is 0 Å². The molecule has 0 bridgehead atoms. The van der Waals surface area contributed by atoms with Crippen LogP contribution in [0.3, 0.4) is 0 Å². The zero-order valence-corrected chi connectivity index (χ0v) is 28.9. The van der Waals surface area contributed by atoms with Crippen molar-refractivity contribution in [1.82, 2.24) is 0 Å². The second-order valence-electron chi connectivity index (χ2n) is 13.9. The average molecular weight is 673 g/mol. The molecule has 0 spiro atoms. The van der Waals surface area contributed by atoms with E-state index >= 15 is 0 Å². The fourth-order valence-electron chi connectivity index (χ4n) is 8.75. The Morgan fingerprint density at radius 2 is 0.792 bits per heavy atom. The normalized spacial score (nSPS) is 11.8. The van der Waals surface area contributed by atoms with Crippen molar-refractivity contribution in [3.8, 4) is 44.5 Å². The van der Waals surface area contributed by atoms with E-state index in [-0.39, 0.29) is 0 Å². The van der Waals surface area contributed by atoms with Crippen molar-refractivity contribution in [3.05, 3.63) is 194 Å². The maximum absolute atomic E-state index is 6.59. The lowest BCUT2D eigenvalue weighted by Crippen LogP contribution is -1.94. The molecule has 0 aliphatic heterocycles. The summed E-state index contributed by atoms with van der Waals surface area (Å²) >= 11 is 0. The largest absolute Gasteiger partial charge is 0.455 e. The summed E-state index contributed by atoms with van der Waals surface area (Å²) in [6.45, 7) is 0. The molecule has 0 atom stereocenters. The molecule has 0 fully saturated rings. The standard InChI is InChI=1S/C52H32O/c1-2-16-33(17-3-1)46-31-35(32-48-40-23-14-15-29-49(40)53-52(46)48)50-42-25-10-12-27-44(42)51(45-28-13-11-26-43(45)50)41-24-9-8-22-39(41)47-30-34-18-4-5-19-36(34)37-20-6-7-21-38(37)47/h1-32H. The Kier molecular flexibility index (Phi) is 6.62. The molecule has 10 aromatic carbocycles. The minimum atomic E-state index is 0.903.